The fourth-order valence-electron chi connectivity index (χ4n) is 2.35. The highest BCUT2D eigenvalue weighted by atomic mass is 35.5. The molecular formula is C13H17ClO2. The Morgan fingerprint density at radius 2 is 1.94 bits per heavy atom. The van der Waals surface area contributed by atoms with Gasteiger partial charge in [-0.15, -0.1) is 0 Å². The maximum atomic E-state index is 9.46. The van der Waals surface area contributed by atoms with Crippen LogP contribution in [0.15, 0.2) is 18.2 Å². The normalized spacial score (nSPS) is 25.4. The highest BCUT2D eigenvalue weighted by Gasteiger charge is 2.21. The van der Waals surface area contributed by atoms with Crippen LogP contribution in [0.1, 0.15) is 37.2 Å². The summed E-state index contributed by atoms with van der Waals surface area (Å²) >= 11 is 6.10. The van der Waals surface area contributed by atoms with Crippen LogP contribution in [-0.2, 0) is 0 Å². The van der Waals surface area contributed by atoms with Crippen LogP contribution in [0.5, 0.6) is 5.75 Å². The number of hydrogen-bond acceptors (Lipinski definition) is 2. The summed E-state index contributed by atoms with van der Waals surface area (Å²) in [6, 6.07) is 5.98. The van der Waals surface area contributed by atoms with Crippen molar-refractivity contribution in [3.8, 4) is 5.75 Å². The zero-order valence-corrected chi connectivity index (χ0v) is 10.2. The first kappa shape index (κ1) is 11.7. The molecule has 16 heavy (non-hydrogen) atoms. The van der Waals surface area contributed by atoms with E-state index in [1.807, 2.05) is 12.1 Å². The largest absolute Gasteiger partial charge is 0.495 e. The summed E-state index contributed by atoms with van der Waals surface area (Å²) in [5, 5.41) is 10.1. The molecule has 0 atom stereocenters. The van der Waals surface area contributed by atoms with Crippen LogP contribution in [0, 0.1) is 0 Å². The van der Waals surface area contributed by atoms with Gasteiger partial charge in [-0.3, -0.25) is 0 Å². The molecule has 1 saturated carbocycles. The minimum atomic E-state index is -0.107. The van der Waals surface area contributed by atoms with Gasteiger partial charge in [0, 0.05) is 0 Å². The van der Waals surface area contributed by atoms with Crippen LogP contribution < -0.4 is 4.74 Å². The molecule has 0 spiro atoms. The number of ether oxygens (including phenoxy) is 1. The third kappa shape index (κ3) is 2.50. The summed E-state index contributed by atoms with van der Waals surface area (Å²) in [5.41, 5.74) is 1.26. The van der Waals surface area contributed by atoms with Crippen molar-refractivity contribution in [2.24, 2.45) is 0 Å². The molecule has 3 heteroatoms. The predicted octanol–water partition coefficient (Wildman–Crippen LogP) is 3.37. The minimum Gasteiger partial charge on any atom is -0.495 e. The standard InChI is InChI=1S/C13H17ClO2/c1-16-13-7-4-10(8-12(13)14)9-2-5-11(15)6-3-9/h4,7-9,11,15H,2-3,5-6H2,1H3. The number of methoxy groups -OCH3 is 1. The van der Waals surface area contributed by atoms with E-state index >= 15 is 0 Å². The second kappa shape index (κ2) is 5.07. The molecule has 1 N–H and O–H groups in total. The number of hydrogen-bond donors (Lipinski definition) is 1. The fourth-order valence-corrected chi connectivity index (χ4v) is 2.61. The average molecular weight is 241 g/mol. The van der Waals surface area contributed by atoms with Crippen LogP contribution in [0.2, 0.25) is 5.02 Å². The first-order valence-corrected chi connectivity index (χ1v) is 6.10. The van der Waals surface area contributed by atoms with Gasteiger partial charge in [-0.1, -0.05) is 17.7 Å². The van der Waals surface area contributed by atoms with Gasteiger partial charge >= 0.3 is 0 Å². The van der Waals surface area contributed by atoms with Crippen molar-refractivity contribution >= 4 is 11.6 Å². The molecule has 88 valence electrons. The van der Waals surface area contributed by atoms with E-state index in [2.05, 4.69) is 6.07 Å². The van der Waals surface area contributed by atoms with Crippen LogP contribution in [0.25, 0.3) is 0 Å². The fraction of sp³-hybridized carbons (Fsp3) is 0.538. The Hall–Kier alpha value is -0.730. The maximum Gasteiger partial charge on any atom is 0.137 e. The third-order valence-electron chi connectivity index (χ3n) is 3.34. The van der Waals surface area contributed by atoms with Gasteiger partial charge in [-0.2, -0.15) is 0 Å². The third-order valence-corrected chi connectivity index (χ3v) is 3.64. The van der Waals surface area contributed by atoms with Crippen molar-refractivity contribution in [3.63, 3.8) is 0 Å². The van der Waals surface area contributed by atoms with E-state index < -0.39 is 0 Å². The second-order valence-corrected chi connectivity index (χ2v) is 4.81. The van der Waals surface area contributed by atoms with E-state index in [1.165, 1.54) is 5.56 Å². The summed E-state index contributed by atoms with van der Waals surface area (Å²) in [5.74, 6) is 1.26. The second-order valence-electron chi connectivity index (χ2n) is 4.40. The minimum absolute atomic E-state index is 0.107. The maximum absolute atomic E-state index is 9.46. The molecule has 1 aliphatic rings. The molecule has 1 aliphatic carbocycles. The monoisotopic (exact) mass is 240 g/mol. The van der Waals surface area contributed by atoms with Gasteiger partial charge in [0.2, 0.25) is 0 Å². The molecule has 0 amide bonds. The van der Waals surface area contributed by atoms with Crippen LogP contribution in [0.3, 0.4) is 0 Å². The Labute approximate surface area is 101 Å². The van der Waals surface area contributed by atoms with E-state index in [0.717, 1.165) is 31.4 Å². The molecular weight excluding hydrogens is 224 g/mol. The van der Waals surface area contributed by atoms with Gasteiger partial charge < -0.3 is 9.84 Å². The number of rotatable bonds is 2. The first-order chi connectivity index (χ1) is 7.70. The molecule has 1 aromatic carbocycles. The Bertz CT molecular complexity index is 357. The Balaban J connectivity index is 2.12. The molecule has 0 aromatic heterocycles. The number of halogens is 1. The molecule has 1 aromatic rings. The molecule has 0 aliphatic heterocycles. The zero-order valence-electron chi connectivity index (χ0n) is 9.45. The Kier molecular flexibility index (Phi) is 3.72. The van der Waals surface area contributed by atoms with E-state index in [-0.39, 0.29) is 6.10 Å². The first-order valence-electron chi connectivity index (χ1n) is 5.72. The van der Waals surface area contributed by atoms with Gasteiger partial charge in [-0.05, 0) is 49.3 Å². The van der Waals surface area contributed by atoms with Gasteiger partial charge in [0.25, 0.3) is 0 Å². The van der Waals surface area contributed by atoms with Gasteiger partial charge in [-0.25, -0.2) is 0 Å². The van der Waals surface area contributed by atoms with E-state index in [9.17, 15) is 5.11 Å². The lowest BCUT2D eigenvalue weighted by atomic mass is 9.83. The van der Waals surface area contributed by atoms with Crippen molar-refractivity contribution in [2.75, 3.05) is 7.11 Å². The van der Waals surface area contributed by atoms with Gasteiger partial charge in [0.05, 0.1) is 18.2 Å². The quantitative estimate of drug-likeness (QED) is 0.859. The highest BCUT2D eigenvalue weighted by Crippen LogP contribution is 2.36. The van der Waals surface area contributed by atoms with E-state index in [1.54, 1.807) is 7.11 Å². The molecule has 2 rings (SSSR count). The average Bonchev–Trinajstić information content (AvgIpc) is 2.30. The predicted molar refractivity (Wildman–Crippen MR) is 65.2 cm³/mol. The topological polar surface area (TPSA) is 29.5 Å². The van der Waals surface area contributed by atoms with Gasteiger partial charge in [0.15, 0.2) is 0 Å². The molecule has 0 heterocycles. The molecule has 0 unspecified atom stereocenters. The van der Waals surface area contributed by atoms with Crippen molar-refractivity contribution in [3.05, 3.63) is 28.8 Å². The lowest BCUT2D eigenvalue weighted by Gasteiger charge is -2.25. The lowest BCUT2D eigenvalue weighted by molar-refractivity contribution is 0.122. The molecule has 0 bridgehead atoms. The number of aliphatic hydroxyl groups is 1. The van der Waals surface area contributed by atoms with Crippen LogP contribution >= 0.6 is 11.6 Å². The summed E-state index contributed by atoms with van der Waals surface area (Å²) in [7, 11) is 1.62. The van der Waals surface area contributed by atoms with E-state index in [0.29, 0.717) is 10.9 Å². The smallest absolute Gasteiger partial charge is 0.137 e. The molecule has 2 nitrogen and oxygen atoms in total. The number of aliphatic hydroxyl groups excluding tert-OH is 1. The summed E-state index contributed by atoms with van der Waals surface area (Å²) in [6.45, 7) is 0. The molecule has 0 radical (unpaired) electrons. The summed E-state index contributed by atoms with van der Waals surface area (Å²) in [4.78, 5) is 0. The van der Waals surface area contributed by atoms with E-state index in [4.69, 9.17) is 16.3 Å². The molecule has 1 fully saturated rings. The van der Waals surface area contributed by atoms with Crippen LogP contribution in [0.4, 0.5) is 0 Å². The Morgan fingerprint density at radius 1 is 1.25 bits per heavy atom. The molecule has 0 saturated heterocycles. The SMILES string of the molecule is COc1ccc(C2CCC(O)CC2)cc1Cl. The van der Waals surface area contributed by atoms with Gasteiger partial charge in [0.1, 0.15) is 5.75 Å². The number of benzene rings is 1. The van der Waals surface area contributed by atoms with Crippen molar-refractivity contribution in [1.29, 1.82) is 0 Å². The lowest BCUT2D eigenvalue weighted by Crippen LogP contribution is -2.16. The van der Waals surface area contributed by atoms with Crippen LogP contribution in [-0.4, -0.2) is 18.3 Å². The zero-order chi connectivity index (χ0) is 11.5. The van der Waals surface area contributed by atoms with Crippen molar-refractivity contribution in [2.45, 2.75) is 37.7 Å². The highest BCUT2D eigenvalue weighted by molar-refractivity contribution is 6.32. The van der Waals surface area contributed by atoms with Crippen molar-refractivity contribution in [1.82, 2.24) is 0 Å². The Morgan fingerprint density at radius 3 is 2.50 bits per heavy atom. The summed E-state index contributed by atoms with van der Waals surface area (Å²) < 4.78 is 5.13. The van der Waals surface area contributed by atoms with Crippen molar-refractivity contribution < 1.29 is 9.84 Å². The summed E-state index contributed by atoms with van der Waals surface area (Å²) in [6.07, 6.45) is 3.78.